The lowest BCUT2D eigenvalue weighted by Crippen LogP contribution is -2.20. The van der Waals surface area contributed by atoms with Crippen molar-refractivity contribution in [1.82, 2.24) is 29.9 Å². The van der Waals surface area contributed by atoms with E-state index in [0.717, 1.165) is 43.1 Å². The second-order valence-corrected chi connectivity index (χ2v) is 9.21. The highest BCUT2D eigenvalue weighted by atomic mass is 19.4. The Morgan fingerprint density at radius 3 is 2.60 bits per heavy atom. The van der Waals surface area contributed by atoms with Crippen LogP contribution in [0, 0.1) is 5.92 Å². The third-order valence-corrected chi connectivity index (χ3v) is 6.84. The van der Waals surface area contributed by atoms with Gasteiger partial charge in [0, 0.05) is 30.8 Å². The van der Waals surface area contributed by atoms with Crippen molar-refractivity contribution in [1.29, 1.82) is 0 Å². The Bertz CT molecular complexity index is 1380. The highest BCUT2D eigenvalue weighted by Gasteiger charge is 2.35. The molecule has 0 unspecified atom stereocenters. The minimum Gasteiger partial charge on any atom is -0.320 e. The number of aromatic amines is 1. The summed E-state index contributed by atoms with van der Waals surface area (Å²) in [5.41, 5.74) is 0.821. The zero-order valence-electron chi connectivity index (χ0n) is 19.4. The van der Waals surface area contributed by atoms with E-state index in [1.807, 2.05) is 35.9 Å². The Morgan fingerprint density at radius 2 is 1.94 bits per heavy atom. The quantitative estimate of drug-likeness (QED) is 0.369. The Morgan fingerprint density at radius 1 is 1.17 bits per heavy atom. The minimum atomic E-state index is -4.69. The molecule has 1 atom stereocenters. The molecule has 3 heterocycles. The van der Waals surface area contributed by atoms with Crippen LogP contribution in [0.3, 0.4) is 0 Å². The molecule has 1 aliphatic carbocycles. The molecule has 1 aliphatic rings. The van der Waals surface area contributed by atoms with Gasteiger partial charge in [-0.1, -0.05) is 37.5 Å². The highest BCUT2D eigenvalue weighted by Crippen LogP contribution is 2.41. The molecule has 7 nitrogen and oxygen atoms in total. The molecular formula is C25H25F3N6O. The fourth-order valence-corrected chi connectivity index (χ4v) is 5.19. The fourth-order valence-electron chi connectivity index (χ4n) is 5.19. The summed E-state index contributed by atoms with van der Waals surface area (Å²) in [5.74, 6) is 0.698. The van der Waals surface area contributed by atoms with Gasteiger partial charge in [0.05, 0.1) is 5.52 Å². The van der Waals surface area contributed by atoms with E-state index in [0.29, 0.717) is 17.2 Å². The first-order valence-electron chi connectivity index (χ1n) is 11.7. The van der Waals surface area contributed by atoms with Gasteiger partial charge < -0.3 is 4.57 Å². The number of H-pyrrole nitrogens is 1. The average molecular weight is 483 g/mol. The van der Waals surface area contributed by atoms with Crippen molar-refractivity contribution in [2.24, 2.45) is 13.0 Å². The van der Waals surface area contributed by atoms with E-state index in [9.17, 15) is 18.0 Å². The number of rotatable bonds is 5. The number of hydrogen-bond donors (Lipinski definition) is 1. The minimum absolute atomic E-state index is 0.00754. The molecule has 0 amide bonds. The summed E-state index contributed by atoms with van der Waals surface area (Å²) in [6.07, 6.45) is 2.69. The van der Waals surface area contributed by atoms with Crippen LogP contribution in [0.25, 0.3) is 22.2 Å². The van der Waals surface area contributed by atoms with Gasteiger partial charge in [0.1, 0.15) is 29.2 Å². The lowest BCUT2D eigenvalue weighted by molar-refractivity contribution is -0.141. The molecule has 3 aromatic heterocycles. The van der Waals surface area contributed by atoms with Gasteiger partial charge in [-0.15, -0.1) is 10.2 Å². The van der Waals surface area contributed by atoms with Crippen molar-refractivity contribution in [2.75, 3.05) is 0 Å². The highest BCUT2D eigenvalue weighted by molar-refractivity contribution is 6.07. The Balaban J connectivity index is 1.65. The second kappa shape index (κ2) is 8.90. The molecule has 0 saturated heterocycles. The first-order chi connectivity index (χ1) is 16.7. The smallest absolute Gasteiger partial charge is 0.320 e. The molecule has 1 aromatic carbocycles. The summed E-state index contributed by atoms with van der Waals surface area (Å²) in [5, 5.41) is 15.7. The molecule has 0 bridgehead atoms. The van der Waals surface area contributed by atoms with Gasteiger partial charge in [-0.3, -0.25) is 9.89 Å². The Hall–Kier alpha value is -3.56. The number of hydrogen-bond acceptors (Lipinski definition) is 5. The summed E-state index contributed by atoms with van der Waals surface area (Å²) in [7, 11) is 1.92. The van der Waals surface area contributed by atoms with Crippen LogP contribution in [-0.2, 0) is 13.2 Å². The third-order valence-electron chi connectivity index (χ3n) is 6.84. The number of alkyl halides is 3. The Labute approximate surface area is 199 Å². The normalized spacial score (nSPS) is 16.0. The number of carbonyl (C=O) groups is 1. The summed E-state index contributed by atoms with van der Waals surface area (Å²) < 4.78 is 42.6. The molecule has 4 aromatic rings. The summed E-state index contributed by atoms with van der Waals surface area (Å²) >= 11 is 0. The number of aryl methyl sites for hydroxylation is 1. The molecule has 0 spiro atoms. The second-order valence-electron chi connectivity index (χ2n) is 9.21. The van der Waals surface area contributed by atoms with Crippen LogP contribution in [0.5, 0.6) is 0 Å². The zero-order chi connectivity index (χ0) is 24.7. The predicted molar refractivity (Wildman–Crippen MR) is 124 cm³/mol. The number of aromatic nitrogens is 6. The number of halogens is 3. The van der Waals surface area contributed by atoms with Crippen molar-refractivity contribution in [3.63, 3.8) is 0 Å². The number of ketones is 1. The van der Waals surface area contributed by atoms with E-state index in [-0.39, 0.29) is 22.5 Å². The molecule has 5 rings (SSSR count). The number of fused-ring (bicyclic) bond motifs is 1. The maximum Gasteiger partial charge on any atom is 0.433 e. The van der Waals surface area contributed by atoms with E-state index in [4.69, 9.17) is 0 Å². The number of nitrogens with one attached hydrogen (secondary N) is 1. The van der Waals surface area contributed by atoms with Gasteiger partial charge in [0.15, 0.2) is 5.78 Å². The van der Waals surface area contributed by atoms with E-state index in [2.05, 4.69) is 25.4 Å². The van der Waals surface area contributed by atoms with E-state index >= 15 is 0 Å². The van der Waals surface area contributed by atoms with E-state index in [1.54, 1.807) is 6.33 Å². The number of nitrogens with zero attached hydrogens (tertiary/aromatic N) is 5. The molecule has 1 fully saturated rings. The van der Waals surface area contributed by atoms with E-state index in [1.165, 1.54) is 13.3 Å². The molecular weight excluding hydrogens is 457 g/mol. The SMILES string of the molecule is CC(=O)c1nc(C(F)(F)F)cc2c(-c3cccc([C@H](c4nncn4C)C4CCCCC4)c3)n[nH]c12. The van der Waals surface area contributed by atoms with Crippen LogP contribution in [0.1, 0.15) is 72.5 Å². The number of Topliss-reactive ketones (excluding diaryl/α,β-unsaturated/α-hetero) is 1. The maximum atomic E-state index is 13.6. The first kappa shape index (κ1) is 23.2. The summed E-state index contributed by atoms with van der Waals surface area (Å²) in [6, 6.07) is 8.64. The van der Waals surface area contributed by atoms with Gasteiger partial charge in [-0.25, -0.2) is 4.98 Å². The predicted octanol–water partition coefficient (Wildman–Crippen LogP) is 5.69. The van der Waals surface area contributed by atoms with Crippen LogP contribution < -0.4 is 0 Å². The molecule has 182 valence electrons. The van der Waals surface area contributed by atoms with Gasteiger partial charge in [0.25, 0.3) is 0 Å². The van der Waals surface area contributed by atoms with Crippen LogP contribution in [-0.4, -0.2) is 35.7 Å². The molecule has 10 heteroatoms. The summed E-state index contributed by atoms with van der Waals surface area (Å²) in [4.78, 5) is 15.6. The Kier molecular flexibility index (Phi) is 5.90. The van der Waals surface area contributed by atoms with Crippen molar-refractivity contribution in [3.05, 3.63) is 59.4 Å². The van der Waals surface area contributed by atoms with E-state index < -0.39 is 17.7 Å². The zero-order valence-corrected chi connectivity index (χ0v) is 19.4. The van der Waals surface area contributed by atoms with Gasteiger partial charge >= 0.3 is 6.18 Å². The van der Waals surface area contributed by atoms with Gasteiger partial charge in [-0.05, 0) is 36.5 Å². The standard InChI is InChI=1S/C25H25F3N6O/c1-14(35)21-23-18(12-19(30-21)25(26,27)28)22(31-32-23)17-10-6-9-16(11-17)20(15-7-4-3-5-8-15)24-33-29-13-34(24)2/h6,9-13,15,20H,3-5,7-8H2,1-2H3,(H,31,32)/t20-/m1/s1. The van der Waals surface area contributed by atoms with Crippen LogP contribution in [0.2, 0.25) is 0 Å². The molecule has 0 aliphatic heterocycles. The lowest BCUT2D eigenvalue weighted by atomic mass is 9.76. The van der Waals surface area contributed by atoms with Crippen molar-refractivity contribution >= 4 is 16.7 Å². The molecule has 1 saturated carbocycles. The van der Waals surface area contributed by atoms with Gasteiger partial charge in [0.2, 0.25) is 0 Å². The number of benzene rings is 1. The molecule has 0 radical (unpaired) electrons. The van der Waals surface area contributed by atoms with Crippen molar-refractivity contribution in [3.8, 4) is 11.3 Å². The first-order valence-corrected chi connectivity index (χ1v) is 11.7. The van der Waals surface area contributed by atoms with Gasteiger partial charge in [-0.2, -0.15) is 18.3 Å². The monoisotopic (exact) mass is 482 g/mol. The molecule has 1 N–H and O–H groups in total. The summed E-state index contributed by atoms with van der Waals surface area (Å²) in [6.45, 7) is 1.19. The lowest BCUT2D eigenvalue weighted by Gasteiger charge is -2.30. The largest absolute Gasteiger partial charge is 0.433 e. The van der Waals surface area contributed by atoms with Crippen LogP contribution >= 0.6 is 0 Å². The maximum absolute atomic E-state index is 13.6. The van der Waals surface area contributed by atoms with Crippen molar-refractivity contribution in [2.45, 2.75) is 51.1 Å². The van der Waals surface area contributed by atoms with Crippen LogP contribution in [0.4, 0.5) is 13.2 Å². The number of carbonyl (C=O) groups excluding carboxylic acids is 1. The third kappa shape index (κ3) is 4.33. The number of pyridine rings is 1. The van der Waals surface area contributed by atoms with Crippen LogP contribution in [0.15, 0.2) is 36.7 Å². The topological polar surface area (TPSA) is 89.3 Å². The average Bonchev–Trinajstić information content (AvgIpc) is 3.45. The molecule has 35 heavy (non-hydrogen) atoms. The van der Waals surface area contributed by atoms with Crippen molar-refractivity contribution < 1.29 is 18.0 Å². The fraction of sp³-hybridized carbons (Fsp3) is 0.400.